The molecule has 2 atom stereocenters. The minimum Gasteiger partial charge on any atom is -0.376 e. The van der Waals surface area contributed by atoms with Crippen LogP contribution in [0.15, 0.2) is 12.2 Å². The number of ether oxygens (including phenoxy) is 1. The summed E-state index contributed by atoms with van der Waals surface area (Å²) in [7, 11) is 0. The van der Waals surface area contributed by atoms with Crippen LogP contribution >= 0.6 is 0 Å². The molecule has 0 spiro atoms. The van der Waals surface area contributed by atoms with E-state index in [4.69, 9.17) is 4.74 Å². The highest BCUT2D eigenvalue weighted by atomic mass is 16.5. The van der Waals surface area contributed by atoms with Gasteiger partial charge in [-0.15, -0.1) is 0 Å². The molecule has 1 amide bonds. The summed E-state index contributed by atoms with van der Waals surface area (Å²) < 4.78 is 5.33. The Balaban J connectivity index is 3.60. The number of rotatable bonds is 9. The summed E-state index contributed by atoms with van der Waals surface area (Å²) >= 11 is 0. The zero-order valence-corrected chi connectivity index (χ0v) is 11.5. The molecule has 0 heterocycles. The standard InChI is InChI=1S/C13H26N2O2/c1-6-11(4)15-13(16)12(5)14-7-8-17-9-10(2)3/h11-12,14H,2,6-9H2,1,3-5H3,(H,15,16). The molecule has 0 saturated heterocycles. The van der Waals surface area contributed by atoms with Crippen molar-refractivity contribution < 1.29 is 9.53 Å². The van der Waals surface area contributed by atoms with Crippen LogP contribution in [0, 0.1) is 0 Å². The highest BCUT2D eigenvalue weighted by Gasteiger charge is 2.13. The first kappa shape index (κ1) is 16.1. The Morgan fingerprint density at radius 3 is 2.59 bits per heavy atom. The predicted octanol–water partition coefficient (Wildman–Crippen LogP) is 1.47. The second kappa shape index (κ2) is 9.19. The van der Waals surface area contributed by atoms with Crippen LogP contribution in [0.5, 0.6) is 0 Å². The fraction of sp³-hybridized carbons (Fsp3) is 0.769. The molecule has 0 fully saturated rings. The molecule has 4 nitrogen and oxygen atoms in total. The van der Waals surface area contributed by atoms with E-state index in [2.05, 4.69) is 24.1 Å². The monoisotopic (exact) mass is 242 g/mol. The molecule has 2 unspecified atom stereocenters. The molecule has 0 aliphatic rings. The lowest BCUT2D eigenvalue weighted by molar-refractivity contribution is -0.123. The number of hydrogen-bond donors (Lipinski definition) is 2. The third kappa shape index (κ3) is 8.89. The first-order chi connectivity index (χ1) is 7.97. The van der Waals surface area contributed by atoms with Gasteiger partial charge in [0, 0.05) is 12.6 Å². The molecule has 0 rings (SSSR count). The summed E-state index contributed by atoms with van der Waals surface area (Å²) in [5, 5.41) is 6.05. The SMILES string of the molecule is C=C(C)COCCNC(C)C(=O)NC(C)CC. The third-order valence-electron chi connectivity index (χ3n) is 2.44. The molecule has 0 saturated carbocycles. The van der Waals surface area contributed by atoms with E-state index in [-0.39, 0.29) is 18.0 Å². The van der Waals surface area contributed by atoms with Crippen LogP contribution in [0.4, 0.5) is 0 Å². The lowest BCUT2D eigenvalue weighted by Crippen LogP contribution is -2.46. The number of carbonyl (C=O) groups is 1. The van der Waals surface area contributed by atoms with Crippen LogP contribution in [0.1, 0.15) is 34.1 Å². The molecular formula is C13H26N2O2. The van der Waals surface area contributed by atoms with Gasteiger partial charge < -0.3 is 15.4 Å². The molecule has 4 heteroatoms. The van der Waals surface area contributed by atoms with Crippen LogP contribution in [0.25, 0.3) is 0 Å². The van der Waals surface area contributed by atoms with Crippen molar-refractivity contribution in [3.8, 4) is 0 Å². The van der Waals surface area contributed by atoms with Gasteiger partial charge in [-0.3, -0.25) is 4.79 Å². The molecule has 2 N–H and O–H groups in total. The van der Waals surface area contributed by atoms with Gasteiger partial charge in [0.05, 0.1) is 19.3 Å². The van der Waals surface area contributed by atoms with Crippen molar-refractivity contribution in [1.82, 2.24) is 10.6 Å². The van der Waals surface area contributed by atoms with Crippen LogP contribution < -0.4 is 10.6 Å². The minimum atomic E-state index is -0.183. The molecule has 0 radical (unpaired) electrons. The van der Waals surface area contributed by atoms with Crippen LogP contribution in [0.3, 0.4) is 0 Å². The molecule has 0 aromatic heterocycles. The number of carbonyl (C=O) groups excluding carboxylic acids is 1. The largest absolute Gasteiger partial charge is 0.376 e. The van der Waals surface area contributed by atoms with Crippen molar-refractivity contribution in [2.24, 2.45) is 0 Å². The average Bonchev–Trinajstić information content (AvgIpc) is 2.27. The van der Waals surface area contributed by atoms with Gasteiger partial charge in [-0.1, -0.05) is 19.1 Å². The quantitative estimate of drug-likeness (QED) is 0.475. The van der Waals surface area contributed by atoms with Gasteiger partial charge in [0.2, 0.25) is 5.91 Å². The van der Waals surface area contributed by atoms with Crippen molar-refractivity contribution in [2.75, 3.05) is 19.8 Å². The maximum absolute atomic E-state index is 11.7. The molecule has 0 bridgehead atoms. The average molecular weight is 242 g/mol. The molecule has 0 aliphatic heterocycles. The molecule has 0 aromatic carbocycles. The van der Waals surface area contributed by atoms with E-state index in [1.54, 1.807) is 0 Å². The topological polar surface area (TPSA) is 50.4 Å². The lowest BCUT2D eigenvalue weighted by Gasteiger charge is -2.17. The van der Waals surface area contributed by atoms with Gasteiger partial charge in [0.1, 0.15) is 0 Å². The Morgan fingerprint density at radius 2 is 2.06 bits per heavy atom. The summed E-state index contributed by atoms with van der Waals surface area (Å²) in [6.07, 6.45) is 0.945. The maximum Gasteiger partial charge on any atom is 0.237 e. The van der Waals surface area contributed by atoms with Crippen molar-refractivity contribution in [3.63, 3.8) is 0 Å². The van der Waals surface area contributed by atoms with E-state index < -0.39 is 0 Å². The van der Waals surface area contributed by atoms with E-state index in [0.29, 0.717) is 19.8 Å². The summed E-state index contributed by atoms with van der Waals surface area (Å²) in [6.45, 7) is 13.4. The second-order valence-corrected chi connectivity index (χ2v) is 4.50. The van der Waals surface area contributed by atoms with Gasteiger partial charge >= 0.3 is 0 Å². The fourth-order valence-electron chi connectivity index (χ4n) is 1.16. The smallest absolute Gasteiger partial charge is 0.237 e. The van der Waals surface area contributed by atoms with Crippen LogP contribution in [-0.2, 0) is 9.53 Å². The van der Waals surface area contributed by atoms with E-state index in [1.165, 1.54) is 0 Å². The summed E-state index contributed by atoms with van der Waals surface area (Å²) in [5.74, 6) is 0.0410. The van der Waals surface area contributed by atoms with Crippen LogP contribution in [-0.4, -0.2) is 37.7 Å². The van der Waals surface area contributed by atoms with Gasteiger partial charge in [0.15, 0.2) is 0 Å². The third-order valence-corrected chi connectivity index (χ3v) is 2.44. The Morgan fingerprint density at radius 1 is 1.41 bits per heavy atom. The Labute approximate surface area is 105 Å². The zero-order valence-electron chi connectivity index (χ0n) is 11.5. The number of hydrogen-bond acceptors (Lipinski definition) is 3. The second-order valence-electron chi connectivity index (χ2n) is 4.50. The van der Waals surface area contributed by atoms with Gasteiger partial charge in [-0.05, 0) is 27.2 Å². The van der Waals surface area contributed by atoms with E-state index in [1.807, 2.05) is 20.8 Å². The van der Waals surface area contributed by atoms with E-state index in [0.717, 1.165) is 12.0 Å². The Bertz CT molecular complexity index is 242. The lowest BCUT2D eigenvalue weighted by atomic mass is 10.2. The molecule has 100 valence electrons. The highest BCUT2D eigenvalue weighted by Crippen LogP contribution is 1.91. The maximum atomic E-state index is 11.7. The van der Waals surface area contributed by atoms with Crippen molar-refractivity contribution in [1.29, 1.82) is 0 Å². The Kier molecular flexibility index (Phi) is 8.72. The molecular weight excluding hydrogens is 216 g/mol. The van der Waals surface area contributed by atoms with E-state index in [9.17, 15) is 4.79 Å². The minimum absolute atomic E-state index is 0.0410. The molecule has 0 aliphatic carbocycles. The van der Waals surface area contributed by atoms with Crippen molar-refractivity contribution in [3.05, 3.63) is 12.2 Å². The van der Waals surface area contributed by atoms with Crippen molar-refractivity contribution >= 4 is 5.91 Å². The fourth-order valence-corrected chi connectivity index (χ4v) is 1.16. The van der Waals surface area contributed by atoms with E-state index >= 15 is 0 Å². The summed E-state index contributed by atoms with van der Waals surface area (Å²) in [4.78, 5) is 11.7. The van der Waals surface area contributed by atoms with Crippen molar-refractivity contribution in [2.45, 2.75) is 46.2 Å². The first-order valence-corrected chi connectivity index (χ1v) is 6.23. The van der Waals surface area contributed by atoms with Gasteiger partial charge in [0.25, 0.3) is 0 Å². The first-order valence-electron chi connectivity index (χ1n) is 6.23. The predicted molar refractivity (Wildman–Crippen MR) is 71.0 cm³/mol. The number of amides is 1. The van der Waals surface area contributed by atoms with Gasteiger partial charge in [-0.2, -0.15) is 0 Å². The molecule has 17 heavy (non-hydrogen) atoms. The molecule has 0 aromatic rings. The number of nitrogens with one attached hydrogen (secondary N) is 2. The summed E-state index contributed by atoms with van der Waals surface area (Å²) in [5.41, 5.74) is 1.01. The zero-order chi connectivity index (χ0) is 13.3. The van der Waals surface area contributed by atoms with Gasteiger partial charge in [-0.25, -0.2) is 0 Å². The van der Waals surface area contributed by atoms with Crippen LogP contribution in [0.2, 0.25) is 0 Å². The Hall–Kier alpha value is -0.870. The summed E-state index contributed by atoms with van der Waals surface area (Å²) in [6, 6.07) is 0.0452. The highest BCUT2D eigenvalue weighted by molar-refractivity contribution is 5.81. The normalized spacial score (nSPS) is 14.1.